The number of hydrazine groups is 1. The van der Waals surface area contributed by atoms with Gasteiger partial charge in [0.2, 0.25) is 11.9 Å². The highest BCUT2D eigenvalue weighted by Crippen LogP contribution is 2.31. The van der Waals surface area contributed by atoms with Gasteiger partial charge in [-0.2, -0.15) is 18.2 Å². The molecule has 1 aliphatic heterocycles. The number of piperazine rings is 1. The van der Waals surface area contributed by atoms with Gasteiger partial charge in [0.25, 0.3) is 0 Å². The lowest BCUT2D eigenvalue weighted by Crippen LogP contribution is -2.53. The van der Waals surface area contributed by atoms with E-state index in [1.807, 2.05) is 11.9 Å². The predicted molar refractivity (Wildman–Crippen MR) is 86.6 cm³/mol. The largest absolute Gasteiger partial charge is 0.416 e. The third-order valence-electron chi connectivity index (χ3n) is 3.57. The van der Waals surface area contributed by atoms with E-state index in [1.54, 1.807) is 0 Å². The minimum absolute atomic E-state index is 0.0702. The van der Waals surface area contributed by atoms with Gasteiger partial charge in [-0.25, -0.2) is 10.8 Å². The normalized spacial score (nSPS) is 18.0. The second-order valence-electron chi connectivity index (χ2n) is 5.39. The molecule has 0 saturated carbocycles. The van der Waals surface area contributed by atoms with Crippen LogP contribution in [0.15, 0.2) is 34.3 Å². The molecule has 0 amide bonds. The van der Waals surface area contributed by atoms with E-state index in [0.29, 0.717) is 19.0 Å². The van der Waals surface area contributed by atoms with E-state index in [9.17, 15) is 13.2 Å². The summed E-state index contributed by atoms with van der Waals surface area (Å²) in [7, 11) is 2.01. The zero-order chi connectivity index (χ0) is 17.7. The maximum Gasteiger partial charge on any atom is 0.416 e. The van der Waals surface area contributed by atoms with Crippen molar-refractivity contribution in [1.29, 1.82) is 0 Å². The van der Waals surface area contributed by atoms with Crippen LogP contribution < -0.4 is 17.0 Å². The van der Waals surface area contributed by atoms with Gasteiger partial charge in [0.05, 0.1) is 11.3 Å². The third-order valence-corrected chi connectivity index (χ3v) is 3.57. The number of benzene rings is 1. The van der Waals surface area contributed by atoms with Crippen LogP contribution in [0.25, 0.3) is 0 Å². The molecule has 1 saturated heterocycles. The second-order valence-corrected chi connectivity index (χ2v) is 5.39. The van der Waals surface area contributed by atoms with E-state index in [1.165, 1.54) is 12.1 Å². The fraction of sp³-hybridized carbons (Fsp3) is 0.429. The van der Waals surface area contributed by atoms with Crippen molar-refractivity contribution >= 4 is 17.6 Å². The Balaban J connectivity index is 2.17. The summed E-state index contributed by atoms with van der Waals surface area (Å²) in [5, 5.41) is 0. The number of hydrogen-bond acceptors (Lipinski definition) is 3. The highest BCUT2D eigenvalue weighted by atomic mass is 19.4. The summed E-state index contributed by atoms with van der Waals surface area (Å²) in [5.41, 5.74) is 7.45. The molecular weight excluding hydrogens is 323 g/mol. The number of halogens is 3. The van der Waals surface area contributed by atoms with E-state index in [2.05, 4.69) is 20.3 Å². The molecule has 1 heterocycles. The van der Waals surface area contributed by atoms with Gasteiger partial charge < -0.3 is 15.5 Å². The molecule has 2 rings (SSSR count). The van der Waals surface area contributed by atoms with E-state index < -0.39 is 11.7 Å². The Hall–Kier alpha value is -2.33. The lowest BCUT2D eigenvalue weighted by Gasteiger charge is -2.33. The number of alkyl halides is 3. The number of nitrogens with two attached hydrogens (primary N) is 2. The summed E-state index contributed by atoms with van der Waals surface area (Å²) < 4.78 is 38.1. The molecule has 1 aromatic rings. The van der Waals surface area contributed by atoms with Crippen LogP contribution in [0.2, 0.25) is 0 Å². The van der Waals surface area contributed by atoms with Gasteiger partial charge in [0.15, 0.2) is 0 Å². The van der Waals surface area contributed by atoms with Gasteiger partial charge in [-0.05, 0) is 25.2 Å². The van der Waals surface area contributed by atoms with Crippen molar-refractivity contribution in [2.75, 3.05) is 33.2 Å². The average molecular weight is 343 g/mol. The van der Waals surface area contributed by atoms with Crippen LogP contribution in [0.5, 0.6) is 0 Å². The summed E-state index contributed by atoms with van der Waals surface area (Å²) >= 11 is 0. The van der Waals surface area contributed by atoms with Crippen molar-refractivity contribution in [3.63, 3.8) is 0 Å². The van der Waals surface area contributed by atoms with Gasteiger partial charge in [-0.3, -0.25) is 5.43 Å². The Morgan fingerprint density at radius 3 is 2.46 bits per heavy atom. The molecule has 1 aliphatic rings. The molecule has 1 fully saturated rings. The van der Waals surface area contributed by atoms with Gasteiger partial charge >= 0.3 is 6.18 Å². The minimum atomic E-state index is -4.44. The van der Waals surface area contributed by atoms with Crippen LogP contribution in [0.3, 0.4) is 0 Å². The molecule has 10 heteroatoms. The molecule has 24 heavy (non-hydrogen) atoms. The Labute approximate surface area is 137 Å². The Morgan fingerprint density at radius 2 is 1.88 bits per heavy atom. The van der Waals surface area contributed by atoms with E-state index in [0.717, 1.165) is 25.2 Å². The molecule has 0 aromatic heterocycles. The number of aliphatic imine (C=N–C) groups is 2. The van der Waals surface area contributed by atoms with Crippen molar-refractivity contribution < 1.29 is 13.2 Å². The van der Waals surface area contributed by atoms with Crippen LogP contribution in [-0.4, -0.2) is 54.9 Å². The first-order valence-electron chi connectivity index (χ1n) is 7.30. The zero-order valence-corrected chi connectivity index (χ0v) is 13.2. The summed E-state index contributed by atoms with van der Waals surface area (Å²) in [6.07, 6.45) is -4.44. The number of rotatable bonds is 1. The molecule has 7 nitrogen and oxygen atoms in total. The quantitative estimate of drug-likeness (QED) is 0.302. The predicted octanol–water partition coefficient (Wildman–Crippen LogP) is 0.718. The Morgan fingerprint density at radius 1 is 1.21 bits per heavy atom. The lowest BCUT2D eigenvalue weighted by atomic mass is 10.2. The van der Waals surface area contributed by atoms with Crippen LogP contribution in [0.1, 0.15) is 5.56 Å². The maximum absolute atomic E-state index is 12.7. The SMILES string of the molecule is CN1CCN(C(=NC(N)=Nc2cccc(C(F)(F)F)c2)NN)CC1. The van der Waals surface area contributed by atoms with Crippen molar-refractivity contribution in [2.24, 2.45) is 21.6 Å². The molecule has 5 N–H and O–H groups in total. The molecule has 0 atom stereocenters. The smallest absolute Gasteiger partial charge is 0.368 e. The molecule has 0 unspecified atom stereocenters. The summed E-state index contributed by atoms with van der Waals surface area (Å²) in [6, 6.07) is 4.56. The summed E-state index contributed by atoms with van der Waals surface area (Å²) in [4.78, 5) is 12.0. The summed E-state index contributed by atoms with van der Waals surface area (Å²) in [6.45, 7) is 3.09. The highest BCUT2D eigenvalue weighted by Gasteiger charge is 2.30. The number of guanidine groups is 2. The van der Waals surface area contributed by atoms with Crippen molar-refractivity contribution in [3.8, 4) is 0 Å². The number of nitrogens with zero attached hydrogens (tertiary/aromatic N) is 4. The van der Waals surface area contributed by atoms with Gasteiger partial charge in [0.1, 0.15) is 0 Å². The van der Waals surface area contributed by atoms with E-state index in [4.69, 9.17) is 11.6 Å². The molecule has 1 aromatic carbocycles. The van der Waals surface area contributed by atoms with Crippen molar-refractivity contribution in [3.05, 3.63) is 29.8 Å². The topological polar surface area (TPSA) is 95.3 Å². The lowest BCUT2D eigenvalue weighted by molar-refractivity contribution is -0.137. The Bertz CT molecular complexity index is 619. The van der Waals surface area contributed by atoms with Gasteiger partial charge in [0, 0.05) is 26.2 Å². The second kappa shape index (κ2) is 7.49. The monoisotopic (exact) mass is 343 g/mol. The number of nitrogens with one attached hydrogen (secondary N) is 1. The fourth-order valence-electron chi connectivity index (χ4n) is 2.23. The first kappa shape index (κ1) is 18.0. The van der Waals surface area contributed by atoms with E-state index >= 15 is 0 Å². The Kier molecular flexibility index (Phi) is 5.62. The molecule has 0 aliphatic carbocycles. The highest BCUT2D eigenvalue weighted by molar-refractivity contribution is 5.95. The van der Waals surface area contributed by atoms with Crippen molar-refractivity contribution in [1.82, 2.24) is 15.2 Å². The number of likely N-dealkylation sites (N-methyl/N-ethyl adjacent to an activating group) is 1. The van der Waals surface area contributed by atoms with Crippen LogP contribution >= 0.6 is 0 Å². The zero-order valence-electron chi connectivity index (χ0n) is 13.2. The standard InChI is InChI=1S/C14H20F3N7/c1-23-5-7-24(8-6-23)13(22-19)21-12(18)20-11-4-2-3-10(9-11)14(15,16)17/h2-4,9H,5-8,19H2,1H3,(H3,18,20,21,22). The number of hydrogen-bond donors (Lipinski definition) is 3. The van der Waals surface area contributed by atoms with Crippen LogP contribution in [0.4, 0.5) is 18.9 Å². The van der Waals surface area contributed by atoms with Gasteiger partial charge in [-0.15, -0.1) is 0 Å². The van der Waals surface area contributed by atoms with E-state index in [-0.39, 0.29) is 11.6 Å². The molecule has 0 bridgehead atoms. The molecule has 0 radical (unpaired) electrons. The average Bonchev–Trinajstić information content (AvgIpc) is 2.53. The first-order valence-corrected chi connectivity index (χ1v) is 7.30. The van der Waals surface area contributed by atoms with Crippen LogP contribution in [-0.2, 0) is 6.18 Å². The minimum Gasteiger partial charge on any atom is -0.368 e. The fourth-order valence-corrected chi connectivity index (χ4v) is 2.23. The first-order chi connectivity index (χ1) is 11.3. The maximum atomic E-state index is 12.7. The third kappa shape index (κ3) is 4.83. The molecule has 132 valence electrons. The molecular formula is C14H20F3N7. The molecule has 0 spiro atoms. The van der Waals surface area contributed by atoms with Crippen LogP contribution in [0, 0.1) is 0 Å². The van der Waals surface area contributed by atoms with Crippen molar-refractivity contribution in [2.45, 2.75) is 6.18 Å². The summed E-state index contributed by atoms with van der Waals surface area (Å²) in [5.74, 6) is 5.62. The van der Waals surface area contributed by atoms with Gasteiger partial charge in [-0.1, -0.05) is 6.07 Å².